The lowest BCUT2D eigenvalue weighted by molar-refractivity contribution is -0.206. The van der Waals surface area contributed by atoms with E-state index in [-0.39, 0.29) is 169 Å². The minimum atomic E-state index is -2.13. The third-order valence-corrected chi connectivity index (χ3v) is 25.9. The highest BCUT2D eigenvalue weighted by molar-refractivity contribution is 6.08. The summed E-state index contributed by atoms with van der Waals surface area (Å²) in [5.74, 6) is -10.9. The zero-order chi connectivity index (χ0) is 99.5. The number of methoxy groups -OCH3 is 4. The lowest BCUT2D eigenvalue weighted by atomic mass is 9.55. The molecule has 0 aromatic heterocycles. The van der Waals surface area contributed by atoms with Gasteiger partial charge in [-0.1, -0.05) is 42.5 Å². The third-order valence-electron chi connectivity index (χ3n) is 25.9. The topological polar surface area (TPSA) is 639 Å². The number of aliphatic hydroxyl groups is 8. The Balaban J connectivity index is 0.000000124. The summed E-state index contributed by atoms with van der Waals surface area (Å²) < 4.78 is 79.5. The van der Waals surface area contributed by atoms with Crippen LogP contribution in [-0.2, 0) is 9.53 Å². The molecule has 11 aliphatic rings. The number of phenols is 13. The zero-order valence-corrected chi connectivity index (χ0v) is 73.6. The number of aromatic hydroxyl groups is 13. The van der Waals surface area contributed by atoms with Crippen molar-refractivity contribution in [2.24, 2.45) is 17.8 Å². The second-order valence-electron chi connectivity index (χ2n) is 34.2. The number of carbonyl (C=O) groups is 5. The number of phenolic OH excluding ortho intramolecular Hbond substituents is 13. The summed E-state index contributed by atoms with van der Waals surface area (Å²) in [6.07, 6.45) is -13.6. The summed E-state index contributed by atoms with van der Waals surface area (Å²) in [4.78, 5) is 64.4. The molecule has 3 aliphatic carbocycles. The molecular weight excluding hydrogens is 1840 g/mol. The van der Waals surface area contributed by atoms with Crippen LogP contribution in [0.1, 0.15) is 134 Å². The lowest BCUT2D eigenvalue weighted by Gasteiger charge is -2.50. The number of ketones is 5. The van der Waals surface area contributed by atoms with E-state index in [1.54, 1.807) is 91.0 Å². The molecule has 21 N–H and O–H groups in total. The Labute approximate surface area is 790 Å². The van der Waals surface area contributed by atoms with E-state index in [1.807, 2.05) is 0 Å². The minimum absolute atomic E-state index is 0.0395. The fraction of sp³-hybridized carbons (Fsp3) is 0.270. The summed E-state index contributed by atoms with van der Waals surface area (Å²) in [5.41, 5.74) is 3.30. The van der Waals surface area contributed by atoms with Gasteiger partial charge in [0.1, 0.15) is 97.4 Å². The number of aliphatic hydroxyl groups excluding tert-OH is 7. The van der Waals surface area contributed by atoms with Crippen molar-refractivity contribution in [3.63, 3.8) is 0 Å². The van der Waals surface area contributed by atoms with Crippen molar-refractivity contribution < 1.29 is 198 Å². The average Bonchev–Trinajstić information content (AvgIpc) is 1.51. The highest BCUT2D eigenvalue weighted by atomic mass is 16.6. The number of hydrogen-bond acceptors (Lipinski definition) is 40. The van der Waals surface area contributed by atoms with Gasteiger partial charge in [-0.05, 0) is 118 Å². The van der Waals surface area contributed by atoms with E-state index in [1.165, 1.54) is 77.0 Å². The van der Waals surface area contributed by atoms with Gasteiger partial charge < -0.3 is 174 Å². The molecule has 0 spiro atoms. The van der Waals surface area contributed by atoms with Gasteiger partial charge >= 0.3 is 0 Å². The monoisotopic (exact) mass is 1930 g/mol. The molecule has 0 radical (unpaired) electrons. The molecule has 1 saturated carbocycles. The fourth-order valence-electron chi connectivity index (χ4n) is 19.3. The Morgan fingerprint density at radius 1 is 0.321 bits per heavy atom. The van der Waals surface area contributed by atoms with Gasteiger partial charge in [0.2, 0.25) is 28.9 Å². The Morgan fingerprint density at radius 3 is 1.06 bits per heavy atom. The first-order chi connectivity index (χ1) is 67.0. The van der Waals surface area contributed by atoms with E-state index in [0.29, 0.717) is 56.0 Å². The van der Waals surface area contributed by atoms with E-state index < -0.39 is 167 Å². The van der Waals surface area contributed by atoms with Crippen LogP contribution in [0.4, 0.5) is 0 Å². The maximum atomic E-state index is 13.3. The molecule has 40 nitrogen and oxygen atoms in total. The first kappa shape index (κ1) is 94.3. The first-order valence-corrected chi connectivity index (χ1v) is 43.2. The number of ether oxygens (including phenoxy) is 14. The molecule has 728 valence electrons. The summed E-state index contributed by atoms with van der Waals surface area (Å²) >= 11 is 0. The normalized spacial score (nSPS) is 25.8. The van der Waals surface area contributed by atoms with Gasteiger partial charge in [0.05, 0.1) is 66.7 Å². The van der Waals surface area contributed by atoms with Crippen LogP contribution in [-0.4, -0.2) is 240 Å². The standard InChI is InChI=1S/4C25H22O10/c1-33-16-4-9(2-3-14(16)27)18-11-7-12(20-13(18)8-34-25(20,32)24(11)31)23-22(30)21(29)19-15(28)5-10(26)6-17(19)35-23;1-32-17-6-11(2-4-14(17)28)24-20(10-26)33-18-7-12(3-5-16(18)34-24)25-23(31)22(30)21-15(29)8-13(27)9-19(21)35-25;1-32-17-6-11(2-4-14(17)28)24-20(10-26)33-16-5-3-12(7-18(16)34-24)25-23(31)22(30)21-15(29)8-13(27)9-19(21)35-25;1-33-18-6-10(2-3-15(18)28)23-14(9-26)13-4-11(5-17(30)25(13)35-23)24-22(32)21(31)20-16(29)7-12(27)8-19(20)34-24/h2-7,11,13,18,20,22-23,26-28,30,32H,8H2,1H3;2*2-9,20,23-29,31H,10H2,1H3;2-8,14,22-24,26-30,32H,9H2,1H3. The summed E-state index contributed by atoms with van der Waals surface area (Å²) in [7, 11) is 5.65. The number of allylic oxidation sites excluding steroid dienone is 1. The largest absolute Gasteiger partial charge is 0.508 e. The van der Waals surface area contributed by atoms with E-state index >= 15 is 0 Å². The number of rotatable bonds is 15. The average molecular weight is 1930 g/mol. The summed E-state index contributed by atoms with van der Waals surface area (Å²) in [6, 6.07) is 39.5. The molecule has 4 bridgehead atoms. The minimum Gasteiger partial charge on any atom is -0.508 e. The predicted molar refractivity (Wildman–Crippen MR) is 475 cm³/mol. The van der Waals surface area contributed by atoms with Crippen LogP contribution in [0.5, 0.6) is 149 Å². The van der Waals surface area contributed by atoms with Gasteiger partial charge in [-0.15, -0.1) is 0 Å². The first-order valence-electron chi connectivity index (χ1n) is 43.2. The molecule has 2 fully saturated rings. The number of fused-ring (bicyclic) bond motifs is 7. The van der Waals surface area contributed by atoms with Gasteiger partial charge in [0.15, 0.2) is 160 Å². The molecule has 19 atom stereocenters. The van der Waals surface area contributed by atoms with Crippen molar-refractivity contribution in [1.82, 2.24) is 0 Å². The van der Waals surface area contributed by atoms with Crippen molar-refractivity contribution in [2.75, 3.05) is 54.9 Å². The Hall–Kier alpha value is -16.1. The number of benzene rings is 11. The molecule has 1 saturated heterocycles. The van der Waals surface area contributed by atoms with Gasteiger partial charge in [-0.3, -0.25) is 24.0 Å². The Kier molecular flexibility index (Phi) is 24.8. The predicted octanol–water partition coefficient (Wildman–Crippen LogP) is 8.12. The quantitative estimate of drug-likeness (QED) is 0.0431. The van der Waals surface area contributed by atoms with E-state index in [9.17, 15) is 131 Å². The van der Waals surface area contributed by atoms with Gasteiger partial charge in [0.25, 0.3) is 0 Å². The van der Waals surface area contributed by atoms with E-state index in [0.717, 1.165) is 36.4 Å². The zero-order valence-electron chi connectivity index (χ0n) is 73.6. The van der Waals surface area contributed by atoms with E-state index in [4.69, 9.17) is 66.3 Å². The van der Waals surface area contributed by atoms with Crippen molar-refractivity contribution in [1.29, 1.82) is 0 Å². The second kappa shape index (κ2) is 36.8. The Morgan fingerprint density at radius 2 is 0.657 bits per heavy atom. The van der Waals surface area contributed by atoms with Crippen LogP contribution < -0.4 is 61.6 Å². The van der Waals surface area contributed by atoms with Crippen LogP contribution in [0.2, 0.25) is 0 Å². The molecule has 40 heteroatoms. The van der Waals surface area contributed by atoms with Crippen LogP contribution >= 0.6 is 0 Å². The Bertz CT molecular complexity index is 6870. The number of hydrogen-bond donors (Lipinski definition) is 21. The molecule has 11 aromatic carbocycles. The highest BCUT2D eigenvalue weighted by Crippen LogP contribution is 2.63. The number of Topliss-reactive ketones (excluding diaryl/α,β-unsaturated/α-hetero) is 5. The summed E-state index contributed by atoms with van der Waals surface area (Å²) in [6.45, 7) is -1.05. The van der Waals surface area contributed by atoms with Crippen molar-refractivity contribution >= 4 is 28.9 Å². The molecule has 8 aliphatic heterocycles. The van der Waals surface area contributed by atoms with E-state index in [2.05, 4.69) is 0 Å². The number of carbonyl (C=O) groups excluding carboxylic acids is 5. The van der Waals surface area contributed by atoms with Crippen molar-refractivity contribution in [3.05, 3.63) is 248 Å². The SMILES string of the molecule is COc1cc(C2C3C=C(C4Oc5cc(O)cc(O)c5C(=O)C4O)C4C2COC4(O)C3=O)ccc1O.COc1cc(C2Oc3c(O)cc(C4Oc5cc(O)cc(O)c5C(=O)C4O)cc3C2CO)ccc1O.COc1cc(C2Oc3cc(C4Oc5cc(O)cc(O)c5C(=O)C4O)ccc3OC2CO)ccc1O.COc1cc(C2Oc3ccc(C4Oc5cc(O)cc(O)c5C(=O)C4O)cc3OC2CO)ccc1O. The lowest BCUT2D eigenvalue weighted by Crippen LogP contribution is -2.60. The van der Waals surface area contributed by atoms with Crippen LogP contribution in [0.3, 0.4) is 0 Å². The van der Waals surface area contributed by atoms with Gasteiger partial charge in [0, 0.05) is 83.0 Å². The molecular formula is C100H88O40. The van der Waals surface area contributed by atoms with Crippen LogP contribution in [0.15, 0.2) is 182 Å². The van der Waals surface area contributed by atoms with Crippen molar-refractivity contribution in [3.8, 4) is 149 Å². The summed E-state index contributed by atoms with van der Waals surface area (Å²) in [5, 5.41) is 214. The molecule has 19 unspecified atom stereocenters. The molecule has 0 amide bonds. The smallest absolute Gasteiger partial charge is 0.234 e. The molecule has 140 heavy (non-hydrogen) atoms. The third kappa shape index (κ3) is 16.4. The maximum Gasteiger partial charge on any atom is 0.234 e. The molecule has 22 rings (SSSR count). The maximum absolute atomic E-state index is 13.3. The van der Waals surface area contributed by atoms with Crippen LogP contribution in [0.25, 0.3) is 0 Å². The van der Waals surface area contributed by atoms with Gasteiger partial charge in [-0.25, -0.2) is 0 Å². The fourth-order valence-corrected chi connectivity index (χ4v) is 19.3. The highest BCUT2D eigenvalue weighted by Gasteiger charge is 2.69. The molecule has 8 heterocycles. The van der Waals surface area contributed by atoms with Crippen LogP contribution in [0, 0.1) is 17.8 Å². The second-order valence-corrected chi connectivity index (χ2v) is 34.2. The van der Waals surface area contributed by atoms with Gasteiger partial charge in [-0.2, -0.15) is 0 Å². The van der Waals surface area contributed by atoms with Crippen molar-refractivity contribution in [2.45, 2.75) is 97.0 Å². The molecule has 11 aromatic rings.